The maximum Gasteiger partial charge on any atom is 0.149 e. The molecule has 0 bridgehead atoms. The summed E-state index contributed by atoms with van der Waals surface area (Å²) in [7, 11) is -1.26. The monoisotopic (exact) mass is 194 g/mol. The Morgan fingerprint density at radius 2 is 2.00 bits per heavy atom. The van der Waals surface area contributed by atoms with Crippen LogP contribution in [0.2, 0.25) is 19.6 Å². The molecule has 0 radical (unpaired) electrons. The van der Waals surface area contributed by atoms with Gasteiger partial charge in [0.15, 0.2) is 0 Å². The highest BCUT2D eigenvalue weighted by atomic mass is 28.3. The third kappa shape index (κ3) is 2.55. The van der Waals surface area contributed by atoms with Crippen molar-refractivity contribution in [3.63, 3.8) is 0 Å². The van der Waals surface area contributed by atoms with Crippen LogP contribution in [0.15, 0.2) is 24.4 Å². The first-order valence-corrected chi connectivity index (χ1v) is 8.19. The van der Waals surface area contributed by atoms with Crippen LogP contribution in [-0.2, 0) is 0 Å². The molecule has 0 aliphatic heterocycles. The minimum Gasteiger partial charge on any atom is -0.384 e. The van der Waals surface area contributed by atoms with Gasteiger partial charge in [-0.15, -0.1) is 0 Å². The number of pyridine rings is 1. The van der Waals surface area contributed by atoms with Crippen LogP contribution in [0.25, 0.3) is 0 Å². The summed E-state index contributed by atoms with van der Waals surface area (Å²) in [5.41, 5.74) is 0. The van der Waals surface area contributed by atoms with Gasteiger partial charge in [0.25, 0.3) is 0 Å². The molecule has 3 heteroatoms. The first-order chi connectivity index (χ1) is 6.05. The molecule has 1 rings (SSSR count). The van der Waals surface area contributed by atoms with Crippen molar-refractivity contribution in [3.8, 4) is 0 Å². The van der Waals surface area contributed by atoms with E-state index in [1.165, 1.54) is 0 Å². The number of hydrogen-bond donors (Lipinski definition) is 0. The number of rotatable bonds is 3. The van der Waals surface area contributed by atoms with E-state index in [0.29, 0.717) is 0 Å². The zero-order chi connectivity index (χ0) is 9.90. The molecule has 0 atom stereocenters. The van der Waals surface area contributed by atoms with Crippen molar-refractivity contribution in [2.45, 2.75) is 26.6 Å². The van der Waals surface area contributed by atoms with Gasteiger partial charge in [-0.05, 0) is 19.1 Å². The lowest BCUT2D eigenvalue weighted by atomic mass is 10.4. The molecule has 13 heavy (non-hydrogen) atoms. The second-order valence-electron chi connectivity index (χ2n) is 4.10. The van der Waals surface area contributed by atoms with E-state index in [-0.39, 0.29) is 0 Å². The van der Waals surface area contributed by atoms with Crippen molar-refractivity contribution >= 4 is 14.1 Å². The first-order valence-electron chi connectivity index (χ1n) is 4.74. The highest BCUT2D eigenvalue weighted by molar-refractivity contribution is 6.79. The van der Waals surface area contributed by atoms with Crippen molar-refractivity contribution in [1.82, 2.24) is 4.98 Å². The normalized spacial score (nSPS) is 11.4. The van der Waals surface area contributed by atoms with Gasteiger partial charge in [-0.3, -0.25) is 0 Å². The first kappa shape index (κ1) is 10.2. The van der Waals surface area contributed by atoms with E-state index in [2.05, 4.69) is 42.2 Å². The van der Waals surface area contributed by atoms with Gasteiger partial charge < -0.3 is 4.57 Å². The van der Waals surface area contributed by atoms with Crippen LogP contribution >= 0.6 is 0 Å². The number of aromatic nitrogens is 1. The fourth-order valence-electron chi connectivity index (χ4n) is 1.49. The number of nitrogens with zero attached hydrogens (tertiary/aromatic N) is 2. The number of anilines is 1. The molecule has 0 amide bonds. The quantitative estimate of drug-likeness (QED) is 0.688. The van der Waals surface area contributed by atoms with Crippen LogP contribution in [0.3, 0.4) is 0 Å². The van der Waals surface area contributed by atoms with Crippen LogP contribution in [0.1, 0.15) is 6.92 Å². The highest BCUT2D eigenvalue weighted by Gasteiger charge is 2.23. The third-order valence-electron chi connectivity index (χ3n) is 2.05. The zero-order valence-corrected chi connectivity index (χ0v) is 9.91. The molecule has 1 heterocycles. The lowest BCUT2D eigenvalue weighted by molar-refractivity contribution is 1.02. The standard InChI is InChI=1S/C10H18N2Si/c1-5-12(13(2,3)4)10-8-6-7-9-11-10/h6-9H,5H2,1-4H3. The Bertz CT molecular complexity index is 253. The van der Waals surface area contributed by atoms with Crippen LogP contribution in [0.4, 0.5) is 5.82 Å². The summed E-state index contributed by atoms with van der Waals surface area (Å²) >= 11 is 0. The molecule has 0 N–H and O–H groups in total. The van der Waals surface area contributed by atoms with Gasteiger partial charge in [0.2, 0.25) is 0 Å². The Morgan fingerprint density at radius 1 is 1.31 bits per heavy atom. The van der Waals surface area contributed by atoms with Gasteiger partial charge in [0.1, 0.15) is 14.1 Å². The second-order valence-corrected chi connectivity index (χ2v) is 8.98. The second kappa shape index (κ2) is 3.92. The van der Waals surface area contributed by atoms with E-state index < -0.39 is 8.24 Å². The SMILES string of the molecule is CCN(c1ccccn1)[Si](C)(C)C. The maximum absolute atomic E-state index is 4.38. The third-order valence-corrected chi connectivity index (χ3v) is 4.22. The molecule has 2 nitrogen and oxygen atoms in total. The van der Waals surface area contributed by atoms with Gasteiger partial charge in [-0.2, -0.15) is 0 Å². The molecule has 0 aliphatic carbocycles. The minimum atomic E-state index is -1.26. The molecule has 0 aliphatic rings. The van der Waals surface area contributed by atoms with Crippen molar-refractivity contribution in [1.29, 1.82) is 0 Å². The van der Waals surface area contributed by atoms with E-state index in [0.717, 1.165) is 12.4 Å². The minimum absolute atomic E-state index is 1.05. The predicted molar refractivity (Wildman–Crippen MR) is 60.6 cm³/mol. The summed E-state index contributed by atoms with van der Waals surface area (Å²) in [6, 6.07) is 6.09. The van der Waals surface area contributed by atoms with E-state index in [1.807, 2.05) is 18.3 Å². The van der Waals surface area contributed by atoms with Gasteiger partial charge in [0.05, 0.1) is 0 Å². The van der Waals surface area contributed by atoms with Crippen LogP contribution < -0.4 is 4.57 Å². The summed E-state index contributed by atoms with van der Waals surface area (Å²) in [5, 5.41) is 0. The Labute approximate surface area is 81.7 Å². The predicted octanol–water partition coefficient (Wildman–Crippen LogP) is 2.74. The molecule has 72 valence electrons. The fraction of sp³-hybridized carbons (Fsp3) is 0.500. The average molecular weight is 194 g/mol. The van der Waals surface area contributed by atoms with Gasteiger partial charge >= 0.3 is 0 Å². The van der Waals surface area contributed by atoms with Crippen molar-refractivity contribution in [3.05, 3.63) is 24.4 Å². The summed E-state index contributed by atoms with van der Waals surface area (Å²) in [6.07, 6.45) is 1.86. The smallest absolute Gasteiger partial charge is 0.149 e. The molecule has 1 aromatic heterocycles. The molecule has 0 saturated heterocycles. The lowest BCUT2D eigenvalue weighted by Crippen LogP contribution is -2.46. The molecular formula is C10H18N2Si. The van der Waals surface area contributed by atoms with E-state index in [9.17, 15) is 0 Å². The van der Waals surface area contributed by atoms with E-state index in [1.54, 1.807) is 0 Å². The molecule has 0 aromatic carbocycles. The van der Waals surface area contributed by atoms with Gasteiger partial charge in [0, 0.05) is 12.7 Å². The maximum atomic E-state index is 4.38. The lowest BCUT2D eigenvalue weighted by Gasteiger charge is -2.34. The van der Waals surface area contributed by atoms with Gasteiger partial charge in [-0.1, -0.05) is 25.7 Å². The number of hydrogen-bond acceptors (Lipinski definition) is 2. The van der Waals surface area contributed by atoms with E-state index in [4.69, 9.17) is 0 Å². The Hall–Kier alpha value is -0.833. The largest absolute Gasteiger partial charge is 0.384 e. The average Bonchev–Trinajstić information content (AvgIpc) is 2.05. The van der Waals surface area contributed by atoms with Crippen LogP contribution in [0.5, 0.6) is 0 Å². The van der Waals surface area contributed by atoms with Crippen LogP contribution in [0, 0.1) is 0 Å². The van der Waals surface area contributed by atoms with Crippen molar-refractivity contribution in [2.75, 3.05) is 11.1 Å². The molecule has 0 fully saturated rings. The zero-order valence-electron chi connectivity index (χ0n) is 8.91. The van der Waals surface area contributed by atoms with Crippen molar-refractivity contribution < 1.29 is 0 Å². The van der Waals surface area contributed by atoms with Crippen LogP contribution in [-0.4, -0.2) is 19.8 Å². The molecular weight excluding hydrogens is 176 g/mol. The summed E-state index contributed by atoms with van der Waals surface area (Å²) in [6.45, 7) is 10.3. The van der Waals surface area contributed by atoms with Crippen molar-refractivity contribution in [2.24, 2.45) is 0 Å². The highest BCUT2D eigenvalue weighted by Crippen LogP contribution is 2.17. The topological polar surface area (TPSA) is 16.1 Å². The summed E-state index contributed by atoms with van der Waals surface area (Å²) in [4.78, 5) is 4.38. The molecule has 1 aromatic rings. The Balaban J connectivity index is 2.92. The molecule has 0 spiro atoms. The molecule has 0 unspecified atom stereocenters. The summed E-state index contributed by atoms with van der Waals surface area (Å²) in [5.74, 6) is 1.11. The van der Waals surface area contributed by atoms with Gasteiger partial charge in [-0.25, -0.2) is 4.98 Å². The Morgan fingerprint density at radius 3 is 2.38 bits per heavy atom. The fourth-order valence-corrected chi connectivity index (χ4v) is 3.26. The van der Waals surface area contributed by atoms with E-state index >= 15 is 0 Å². The molecule has 0 saturated carbocycles. The summed E-state index contributed by atoms with van der Waals surface area (Å²) < 4.78 is 2.42. The Kier molecular flexibility index (Phi) is 3.09.